The lowest BCUT2D eigenvalue weighted by Crippen LogP contribution is -2.17. The minimum atomic E-state index is -1.21. The van der Waals surface area contributed by atoms with E-state index < -0.39 is 17.5 Å². The third-order valence-electron chi connectivity index (χ3n) is 3.57. The molecule has 0 saturated carbocycles. The molecular weight excluding hydrogens is 281 g/mol. The summed E-state index contributed by atoms with van der Waals surface area (Å²) in [6.07, 6.45) is 1.34. The van der Waals surface area contributed by atoms with Crippen molar-refractivity contribution in [3.05, 3.63) is 34.8 Å². The van der Waals surface area contributed by atoms with Crippen LogP contribution in [0.1, 0.15) is 24.6 Å². The first kappa shape index (κ1) is 14.1. The lowest BCUT2D eigenvalue weighted by Gasteiger charge is -2.22. The van der Waals surface area contributed by atoms with E-state index in [-0.39, 0.29) is 17.5 Å². The molecule has 1 aliphatic rings. The van der Waals surface area contributed by atoms with Crippen LogP contribution in [-0.2, 0) is 17.8 Å². The van der Waals surface area contributed by atoms with E-state index in [0.717, 1.165) is 6.42 Å². The highest BCUT2D eigenvalue weighted by Gasteiger charge is 2.24. The Morgan fingerprint density at radius 3 is 2.86 bits per heavy atom. The highest BCUT2D eigenvalue weighted by atomic mass is 19.2. The minimum absolute atomic E-state index is 0.131. The fraction of sp³-hybridized carbons (Fsp3) is 0.400. The zero-order chi connectivity index (χ0) is 15.0. The lowest BCUT2D eigenvalue weighted by molar-refractivity contribution is 0.110. The molecule has 0 atom stereocenters. The van der Waals surface area contributed by atoms with Gasteiger partial charge in [-0.05, 0) is 6.42 Å². The van der Waals surface area contributed by atoms with Crippen molar-refractivity contribution in [3.63, 3.8) is 0 Å². The van der Waals surface area contributed by atoms with Crippen LogP contribution in [0.2, 0.25) is 0 Å². The summed E-state index contributed by atoms with van der Waals surface area (Å²) in [6, 6.07) is 0.542. The van der Waals surface area contributed by atoms with Gasteiger partial charge in [-0.2, -0.15) is 0 Å². The molecule has 3 nitrogen and oxygen atoms in total. The molecule has 1 aromatic carbocycles. The molecule has 1 aliphatic heterocycles. The summed E-state index contributed by atoms with van der Waals surface area (Å²) in [7, 11) is 0. The average molecular weight is 296 g/mol. The molecule has 0 radical (unpaired) electrons. The molecule has 0 saturated heterocycles. The first-order valence-electron chi connectivity index (χ1n) is 6.94. The van der Waals surface area contributed by atoms with E-state index in [1.807, 2.05) is 6.92 Å². The molecular formula is C15H15F3N2O. The topological polar surface area (TPSA) is 34.2 Å². The molecule has 112 valence electrons. The van der Waals surface area contributed by atoms with E-state index in [9.17, 15) is 13.2 Å². The summed E-state index contributed by atoms with van der Waals surface area (Å²) in [4.78, 5) is 4.18. The number of halogens is 3. The van der Waals surface area contributed by atoms with Crippen LogP contribution in [0.3, 0.4) is 0 Å². The smallest absolute Gasteiger partial charge is 0.170 e. The number of benzene rings is 1. The molecule has 1 aromatic heterocycles. The molecule has 0 unspecified atom stereocenters. The lowest BCUT2D eigenvalue weighted by atomic mass is 10.0. The molecule has 21 heavy (non-hydrogen) atoms. The Hall–Kier alpha value is -1.82. The van der Waals surface area contributed by atoms with Gasteiger partial charge in [0.2, 0.25) is 0 Å². The molecule has 0 amide bonds. The highest BCUT2D eigenvalue weighted by Crippen LogP contribution is 2.35. The van der Waals surface area contributed by atoms with Crippen LogP contribution in [-0.4, -0.2) is 18.1 Å². The van der Waals surface area contributed by atoms with Gasteiger partial charge in [0, 0.05) is 24.6 Å². The van der Waals surface area contributed by atoms with E-state index in [1.54, 1.807) is 0 Å². The number of aromatic nitrogens is 1. The molecule has 1 N–H and O–H groups in total. The Morgan fingerprint density at radius 2 is 2.10 bits per heavy atom. The third kappa shape index (κ3) is 2.33. The molecule has 3 rings (SSSR count). The van der Waals surface area contributed by atoms with Crippen LogP contribution in [0.4, 0.5) is 18.9 Å². The normalized spacial score (nSPS) is 14.3. The Bertz CT molecular complexity index is 703. The first-order valence-corrected chi connectivity index (χ1v) is 6.94. The molecule has 2 aromatic rings. The van der Waals surface area contributed by atoms with Crippen molar-refractivity contribution in [2.75, 3.05) is 18.5 Å². The van der Waals surface area contributed by atoms with Crippen molar-refractivity contribution in [2.24, 2.45) is 0 Å². The van der Waals surface area contributed by atoms with Gasteiger partial charge in [0.05, 0.1) is 30.0 Å². The second-order valence-corrected chi connectivity index (χ2v) is 5.02. The highest BCUT2D eigenvalue weighted by molar-refractivity contribution is 5.94. The SMILES string of the molecule is CCCNc1c2c(nc3c(F)cc(F)c(F)c13)CCOC2. The fourth-order valence-electron chi connectivity index (χ4n) is 2.57. The van der Waals surface area contributed by atoms with E-state index in [2.05, 4.69) is 10.3 Å². The Kier molecular flexibility index (Phi) is 3.71. The van der Waals surface area contributed by atoms with Gasteiger partial charge in [-0.25, -0.2) is 18.2 Å². The summed E-state index contributed by atoms with van der Waals surface area (Å²) < 4.78 is 47.1. The van der Waals surface area contributed by atoms with Crippen molar-refractivity contribution in [2.45, 2.75) is 26.4 Å². The molecule has 0 spiro atoms. The zero-order valence-corrected chi connectivity index (χ0v) is 11.6. The van der Waals surface area contributed by atoms with Crippen LogP contribution in [0.25, 0.3) is 10.9 Å². The first-order chi connectivity index (χ1) is 10.1. The van der Waals surface area contributed by atoms with Crippen molar-refractivity contribution in [1.29, 1.82) is 0 Å². The number of rotatable bonds is 3. The van der Waals surface area contributed by atoms with Crippen LogP contribution in [0.15, 0.2) is 6.07 Å². The van der Waals surface area contributed by atoms with Crippen molar-refractivity contribution >= 4 is 16.6 Å². The second kappa shape index (κ2) is 5.52. The van der Waals surface area contributed by atoms with Gasteiger partial charge in [0.25, 0.3) is 0 Å². The maximum Gasteiger partial charge on any atom is 0.170 e. The van der Waals surface area contributed by atoms with Gasteiger partial charge in [0.15, 0.2) is 17.5 Å². The predicted octanol–water partition coefficient (Wildman–Crippen LogP) is 3.55. The van der Waals surface area contributed by atoms with Crippen LogP contribution in [0.5, 0.6) is 0 Å². The Morgan fingerprint density at radius 1 is 1.29 bits per heavy atom. The summed E-state index contributed by atoms with van der Waals surface area (Å²) in [5.41, 5.74) is 1.63. The standard InChI is InChI=1S/C15H15F3N2O/c1-2-4-19-14-8-7-21-5-3-11(8)20-15-10(17)6-9(16)13(18)12(14)15/h6H,2-5,7H2,1H3,(H,19,20). The van der Waals surface area contributed by atoms with Gasteiger partial charge in [-0.15, -0.1) is 0 Å². The molecule has 6 heteroatoms. The van der Waals surface area contributed by atoms with Crippen molar-refractivity contribution in [3.8, 4) is 0 Å². The second-order valence-electron chi connectivity index (χ2n) is 5.02. The van der Waals surface area contributed by atoms with E-state index in [0.29, 0.717) is 42.6 Å². The summed E-state index contributed by atoms with van der Waals surface area (Å²) in [5, 5.41) is 2.93. The number of anilines is 1. The molecule has 0 fully saturated rings. The quantitative estimate of drug-likeness (QED) is 0.880. The maximum absolute atomic E-state index is 14.2. The van der Waals surface area contributed by atoms with E-state index in [1.165, 1.54) is 0 Å². The van der Waals surface area contributed by atoms with Gasteiger partial charge in [-0.1, -0.05) is 6.92 Å². The van der Waals surface area contributed by atoms with Gasteiger partial charge in [-0.3, -0.25) is 0 Å². The number of hydrogen-bond donors (Lipinski definition) is 1. The number of pyridine rings is 1. The average Bonchev–Trinajstić information content (AvgIpc) is 2.49. The van der Waals surface area contributed by atoms with E-state index in [4.69, 9.17) is 4.74 Å². The maximum atomic E-state index is 14.2. The largest absolute Gasteiger partial charge is 0.384 e. The number of hydrogen-bond acceptors (Lipinski definition) is 3. The third-order valence-corrected chi connectivity index (χ3v) is 3.57. The Labute approximate surface area is 120 Å². The number of nitrogens with zero attached hydrogens (tertiary/aromatic N) is 1. The molecule has 2 heterocycles. The minimum Gasteiger partial charge on any atom is -0.384 e. The fourth-order valence-corrected chi connectivity index (χ4v) is 2.57. The number of ether oxygens (including phenoxy) is 1. The number of nitrogens with one attached hydrogen (secondary N) is 1. The summed E-state index contributed by atoms with van der Waals surface area (Å²) in [6.45, 7) is 3.28. The van der Waals surface area contributed by atoms with Crippen molar-refractivity contribution < 1.29 is 17.9 Å². The molecule has 0 aliphatic carbocycles. The van der Waals surface area contributed by atoms with Crippen LogP contribution >= 0.6 is 0 Å². The molecule has 0 bridgehead atoms. The monoisotopic (exact) mass is 296 g/mol. The predicted molar refractivity (Wildman–Crippen MR) is 73.8 cm³/mol. The van der Waals surface area contributed by atoms with Crippen LogP contribution in [0, 0.1) is 17.5 Å². The van der Waals surface area contributed by atoms with E-state index >= 15 is 0 Å². The zero-order valence-electron chi connectivity index (χ0n) is 11.6. The van der Waals surface area contributed by atoms with Gasteiger partial charge < -0.3 is 10.1 Å². The summed E-state index contributed by atoms with van der Waals surface area (Å²) in [5.74, 6) is -3.14. The van der Waals surface area contributed by atoms with Crippen molar-refractivity contribution in [1.82, 2.24) is 4.98 Å². The van der Waals surface area contributed by atoms with Gasteiger partial charge >= 0.3 is 0 Å². The van der Waals surface area contributed by atoms with Gasteiger partial charge in [0.1, 0.15) is 5.52 Å². The summed E-state index contributed by atoms with van der Waals surface area (Å²) >= 11 is 0. The van der Waals surface area contributed by atoms with Crippen LogP contribution < -0.4 is 5.32 Å². The Balaban J connectivity index is 2.35. The number of fused-ring (bicyclic) bond motifs is 2.